The van der Waals surface area contributed by atoms with E-state index in [0.717, 1.165) is 0 Å². The average molecular weight is 421 g/mol. The number of carbonyl (C=O) groups excluding carboxylic acids is 1. The highest BCUT2D eigenvalue weighted by Crippen LogP contribution is 2.30. The largest absolute Gasteiger partial charge is 0.506 e. The third kappa shape index (κ3) is 3.81. The molecule has 3 aromatic rings. The van der Waals surface area contributed by atoms with E-state index in [9.17, 15) is 19.5 Å². The molecule has 28 heavy (non-hydrogen) atoms. The van der Waals surface area contributed by atoms with E-state index in [1.807, 2.05) is 0 Å². The second-order valence-corrected chi connectivity index (χ2v) is 6.79. The van der Waals surface area contributed by atoms with Gasteiger partial charge in [-0.05, 0) is 29.8 Å². The second-order valence-electron chi connectivity index (χ2n) is 5.94. The maximum absolute atomic E-state index is 13.0. The Bertz CT molecular complexity index is 1160. The normalized spacial score (nSPS) is 10.8. The lowest BCUT2D eigenvalue weighted by molar-refractivity contribution is -0.135. The number of hydrogen-bond acceptors (Lipinski definition) is 4. The molecule has 2 aromatic carbocycles. The predicted octanol–water partition coefficient (Wildman–Crippen LogP) is 2.88. The molecule has 0 saturated carbocycles. The number of benzene rings is 2. The molecule has 0 bridgehead atoms. The summed E-state index contributed by atoms with van der Waals surface area (Å²) >= 11 is 12.2. The highest BCUT2D eigenvalue weighted by Gasteiger charge is 2.23. The zero-order valence-electron chi connectivity index (χ0n) is 14.3. The monoisotopic (exact) mass is 420 g/mol. The zero-order valence-corrected chi connectivity index (χ0v) is 15.8. The van der Waals surface area contributed by atoms with Crippen LogP contribution in [0.1, 0.15) is 15.9 Å². The van der Waals surface area contributed by atoms with Crippen molar-refractivity contribution >= 4 is 46.0 Å². The number of carboxylic acids is 1. The molecule has 0 aliphatic heterocycles. The van der Waals surface area contributed by atoms with Gasteiger partial charge in [0, 0.05) is 15.4 Å². The Hall–Kier alpha value is -3.03. The number of amides is 1. The first-order valence-electron chi connectivity index (χ1n) is 8.08. The summed E-state index contributed by atoms with van der Waals surface area (Å²) in [4.78, 5) is 36.1. The molecule has 0 unspecified atom stereocenters. The lowest BCUT2D eigenvalue weighted by atomic mass is 10.1. The molecular formula is C19H14Cl2N2O5. The highest BCUT2D eigenvalue weighted by atomic mass is 35.5. The van der Waals surface area contributed by atoms with Gasteiger partial charge in [-0.15, -0.1) is 0 Å². The zero-order chi connectivity index (χ0) is 20.4. The van der Waals surface area contributed by atoms with Gasteiger partial charge in [0.1, 0.15) is 17.9 Å². The van der Waals surface area contributed by atoms with Crippen molar-refractivity contribution in [2.24, 2.45) is 0 Å². The number of pyridine rings is 1. The summed E-state index contributed by atoms with van der Waals surface area (Å²) in [5.41, 5.74) is -0.370. The van der Waals surface area contributed by atoms with Crippen molar-refractivity contribution in [1.82, 2.24) is 9.88 Å². The van der Waals surface area contributed by atoms with Gasteiger partial charge in [0.05, 0.1) is 12.1 Å². The van der Waals surface area contributed by atoms with Crippen molar-refractivity contribution in [2.45, 2.75) is 6.54 Å². The van der Waals surface area contributed by atoms with Gasteiger partial charge in [0.15, 0.2) is 0 Å². The average Bonchev–Trinajstić information content (AvgIpc) is 2.65. The highest BCUT2D eigenvalue weighted by molar-refractivity contribution is 6.31. The van der Waals surface area contributed by atoms with Crippen molar-refractivity contribution in [1.29, 1.82) is 0 Å². The Morgan fingerprint density at radius 3 is 2.50 bits per heavy atom. The summed E-state index contributed by atoms with van der Waals surface area (Å²) < 4.78 is 1.28. The molecule has 3 N–H and O–H groups in total. The first kappa shape index (κ1) is 19.7. The van der Waals surface area contributed by atoms with Crippen LogP contribution in [-0.2, 0) is 11.3 Å². The topological polar surface area (TPSA) is 109 Å². The molecule has 0 spiro atoms. The van der Waals surface area contributed by atoms with Gasteiger partial charge < -0.3 is 20.1 Å². The van der Waals surface area contributed by atoms with E-state index in [4.69, 9.17) is 28.3 Å². The van der Waals surface area contributed by atoms with Gasteiger partial charge >= 0.3 is 5.97 Å². The summed E-state index contributed by atoms with van der Waals surface area (Å²) in [6.45, 7) is -0.661. The van der Waals surface area contributed by atoms with Crippen LogP contribution in [0.4, 0.5) is 0 Å². The maximum Gasteiger partial charge on any atom is 0.322 e. The van der Waals surface area contributed by atoms with Crippen molar-refractivity contribution in [3.8, 4) is 5.75 Å². The minimum Gasteiger partial charge on any atom is -0.506 e. The number of hydrogen-bond donors (Lipinski definition) is 3. The van der Waals surface area contributed by atoms with Crippen LogP contribution >= 0.6 is 23.2 Å². The lowest BCUT2D eigenvalue weighted by Crippen LogP contribution is -2.36. The molecule has 9 heteroatoms. The Balaban J connectivity index is 2.24. The standard InChI is InChI=1S/C19H14Cl2N2O5/c20-11-5-6-14-12(7-11)17(26)16(18(27)22-8-15(24)25)19(28)23(14)9-10-3-1-2-4-13(10)21/h1-7,26H,8-9H2,(H,22,27)(H,24,25). The number of carboxylic acid groups (broad SMARTS) is 1. The fourth-order valence-corrected chi connectivity index (χ4v) is 3.18. The maximum atomic E-state index is 13.0. The second kappa shape index (κ2) is 7.92. The molecule has 0 radical (unpaired) electrons. The molecule has 0 atom stereocenters. The molecule has 1 amide bonds. The summed E-state index contributed by atoms with van der Waals surface area (Å²) in [6.07, 6.45) is 0. The first-order valence-corrected chi connectivity index (χ1v) is 8.83. The SMILES string of the molecule is O=C(O)CNC(=O)c1c(O)c2cc(Cl)ccc2n(Cc2ccccc2Cl)c1=O. The van der Waals surface area contributed by atoms with E-state index in [2.05, 4.69) is 5.32 Å². The van der Waals surface area contributed by atoms with E-state index in [0.29, 0.717) is 21.1 Å². The summed E-state index contributed by atoms with van der Waals surface area (Å²) in [5, 5.41) is 22.3. The van der Waals surface area contributed by atoms with Crippen LogP contribution < -0.4 is 10.9 Å². The van der Waals surface area contributed by atoms with Crippen LogP contribution in [0.2, 0.25) is 10.0 Å². The number of fused-ring (bicyclic) bond motifs is 1. The van der Waals surface area contributed by atoms with Crippen molar-refractivity contribution < 1.29 is 19.8 Å². The molecule has 0 aliphatic rings. The Morgan fingerprint density at radius 2 is 1.82 bits per heavy atom. The Morgan fingerprint density at radius 1 is 1.11 bits per heavy atom. The molecule has 7 nitrogen and oxygen atoms in total. The van der Waals surface area contributed by atoms with Gasteiger partial charge in [-0.1, -0.05) is 41.4 Å². The van der Waals surface area contributed by atoms with Gasteiger partial charge in [0.2, 0.25) is 0 Å². The first-order chi connectivity index (χ1) is 13.3. The minimum atomic E-state index is -1.28. The molecule has 0 aliphatic carbocycles. The van der Waals surface area contributed by atoms with Crippen molar-refractivity contribution in [3.63, 3.8) is 0 Å². The molecule has 1 heterocycles. The number of aliphatic carboxylic acids is 1. The number of carbonyl (C=O) groups is 2. The number of halogens is 2. The molecule has 144 valence electrons. The van der Waals surface area contributed by atoms with Crippen LogP contribution in [0.5, 0.6) is 5.75 Å². The Kier molecular flexibility index (Phi) is 5.58. The number of nitrogens with one attached hydrogen (secondary N) is 1. The number of nitrogens with zero attached hydrogens (tertiary/aromatic N) is 1. The van der Waals surface area contributed by atoms with Gasteiger partial charge in [-0.2, -0.15) is 0 Å². The van der Waals surface area contributed by atoms with Crippen molar-refractivity contribution in [3.05, 3.63) is 74.0 Å². The quantitative estimate of drug-likeness (QED) is 0.587. The minimum absolute atomic E-state index is 0.0378. The number of rotatable bonds is 5. The Labute approximate surface area is 168 Å². The van der Waals surface area contributed by atoms with Crippen LogP contribution in [-0.4, -0.2) is 33.2 Å². The van der Waals surface area contributed by atoms with E-state index >= 15 is 0 Å². The molecular weight excluding hydrogens is 407 g/mol. The van der Waals surface area contributed by atoms with Gasteiger partial charge in [-0.3, -0.25) is 14.4 Å². The van der Waals surface area contributed by atoms with Crippen molar-refractivity contribution in [2.75, 3.05) is 6.54 Å². The van der Waals surface area contributed by atoms with Crippen LogP contribution in [0, 0.1) is 0 Å². The van der Waals surface area contributed by atoms with E-state index < -0.39 is 35.3 Å². The van der Waals surface area contributed by atoms with Crippen LogP contribution in [0.25, 0.3) is 10.9 Å². The lowest BCUT2D eigenvalue weighted by Gasteiger charge is -2.15. The number of aromatic nitrogens is 1. The number of aromatic hydroxyl groups is 1. The van der Waals surface area contributed by atoms with Crippen LogP contribution in [0.3, 0.4) is 0 Å². The summed E-state index contributed by atoms with van der Waals surface area (Å²) in [7, 11) is 0. The van der Waals surface area contributed by atoms with Gasteiger partial charge in [-0.25, -0.2) is 0 Å². The predicted molar refractivity (Wildman–Crippen MR) is 105 cm³/mol. The van der Waals surface area contributed by atoms with E-state index in [-0.39, 0.29) is 11.9 Å². The van der Waals surface area contributed by atoms with E-state index in [1.54, 1.807) is 36.4 Å². The fourth-order valence-electron chi connectivity index (χ4n) is 2.82. The summed E-state index contributed by atoms with van der Waals surface area (Å²) in [5.74, 6) is -2.85. The van der Waals surface area contributed by atoms with Crippen LogP contribution in [0.15, 0.2) is 47.3 Å². The molecule has 0 saturated heterocycles. The van der Waals surface area contributed by atoms with Gasteiger partial charge in [0.25, 0.3) is 11.5 Å². The summed E-state index contributed by atoms with van der Waals surface area (Å²) in [6, 6.07) is 11.4. The third-order valence-electron chi connectivity index (χ3n) is 4.11. The molecule has 1 aromatic heterocycles. The molecule has 3 rings (SSSR count). The van der Waals surface area contributed by atoms with E-state index in [1.165, 1.54) is 10.6 Å². The molecule has 0 fully saturated rings. The smallest absolute Gasteiger partial charge is 0.322 e. The third-order valence-corrected chi connectivity index (χ3v) is 4.72. The fraction of sp³-hybridized carbons (Fsp3) is 0.105.